The summed E-state index contributed by atoms with van der Waals surface area (Å²) in [5, 5.41) is 13.8. The molecule has 0 radical (unpaired) electrons. The minimum Gasteiger partial charge on any atom is -0.384 e. The quantitative estimate of drug-likeness (QED) is 0.459. The Morgan fingerprint density at radius 1 is 1.19 bits per heavy atom. The first-order chi connectivity index (χ1) is 16.6. The van der Waals surface area contributed by atoms with Crippen molar-refractivity contribution in [3.63, 3.8) is 0 Å². The van der Waals surface area contributed by atoms with Crippen LogP contribution in [0.4, 0.5) is 24.7 Å². The molecule has 192 valence electrons. The maximum atomic E-state index is 15.4. The zero-order valence-corrected chi connectivity index (χ0v) is 21.5. The monoisotopic (exact) mass is 500 g/mol. The van der Waals surface area contributed by atoms with Crippen LogP contribution in [0.5, 0.6) is 0 Å². The van der Waals surface area contributed by atoms with E-state index in [0.29, 0.717) is 29.0 Å². The lowest BCUT2D eigenvalue weighted by molar-refractivity contribution is -0.170. The molecule has 1 aromatic heterocycles. The van der Waals surface area contributed by atoms with Crippen molar-refractivity contribution in [3.8, 4) is 0 Å². The zero-order valence-electron chi connectivity index (χ0n) is 21.5. The van der Waals surface area contributed by atoms with Gasteiger partial charge in [0.2, 0.25) is 5.91 Å². The number of rotatable bonds is 6. The lowest BCUT2D eigenvalue weighted by Crippen LogP contribution is -2.41. The van der Waals surface area contributed by atoms with Gasteiger partial charge in [0, 0.05) is 30.1 Å². The van der Waals surface area contributed by atoms with Gasteiger partial charge in [-0.3, -0.25) is 4.79 Å². The lowest BCUT2D eigenvalue weighted by atomic mass is 9.85. The second-order valence-electron chi connectivity index (χ2n) is 10.4. The van der Waals surface area contributed by atoms with E-state index in [1.54, 1.807) is 18.9 Å². The number of halogens is 3. The van der Waals surface area contributed by atoms with Crippen LogP contribution in [0.1, 0.15) is 70.1 Å². The van der Waals surface area contributed by atoms with Gasteiger partial charge in [0.05, 0.1) is 22.5 Å². The van der Waals surface area contributed by atoms with E-state index in [1.165, 1.54) is 12.1 Å². The Bertz CT molecular complexity index is 1370. The molecule has 1 atom stereocenters. The number of hydrogen-bond donors (Lipinski definition) is 2. The highest BCUT2D eigenvalue weighted by molar-refractivity contribution is 6.10. The smallest absolute Gasteiger partial charge is 0.303 e. The molecular formula is C27H31F3N4O2. The van der Waals surface area contributed by atoms with Crippen molar-refractivity contribution in [1.82, 2.24) is 9.97 Å². The molecule has 6 nitrogen and oxygen atoms in total. The fourth-order valence-corrected chi connectivity index (χ4v) is 4.64. The van der Waals surface area contributed by atoms with Crippen molar-refractivity contribution in [2.24, 2.45) is 0 Å². The molecule has 0 fully saturated rings. The molecule has 0 aliphatic carbocycles. The van der Waals surface area contributed by atoms with Gasteiger partial charge in [0.25, 0.3) is 0 Å². The molecule has 1 aliphatic rings. The molecule has 0 saturated heterocycles. The number of nitrogens with zero attached hydrogens (tertiary/aromatic N) is 3. The molecule has 3 aromatic rings. The number of benzene rings is 2. The number of carbonyl (C=O) groups is 1. The van der Waals surface area contributed by atoms with Crippen LogP contribution < -0.4 is 10.2 Å². The number of aliphatic hydroxyl groups is 1. The Labute approximate surface area is 208 Å². The molecule has 2 N–H and O–H groups in total. The second kappa shape index (κ2) is 8.44. The Kier molecular flexibility index (Phi) is 6.06. The van der Waals surface area contributed by atoms with Gasteiger partial charge in [-0.2, -0.15) is 8.78 Å². The van der Waals surface area contributed by atoms with Crippen LogP contribution in [0.2, 0.25) is 0 Å². The van der Waals surface area contributed by atoms with Gasteiger partial charge in [-0.15, -0.1) is 0 Å². The number of alkyl halides is 2. The molecule has 1 aliphatic heterocycles. The Morgan fingerprint density at radius 2 is 1.86 bits per heavy atom. The number of anilines is 2. The third kappa shape index (κ3) is 3.89. The zero-order chi connectivity index (χ0) is 26.8. The standard InChI is InChI=1S/C27H31F3N4O2/c1-8-21-32-19-13-20-18(25(3,4)24(35)34(20)7)12-16(19)23(33-21)31-14(2)15-10-9-11-17(22(15)28)27(29,30)26(5,6)36/h9-14,36H,8H2,1-7H3,(H,31,32,33). The minimum atomic E-state index is -3.80. The Morgan fingerprint density at radius 3 is 2.47 bits per heavy atom. The number of likely N-dealkylation sites (N-methyl/N-ethyl adjacent to an activating group) is 1. The van der Waals surface area contributed by atoms with Crippen LogP contribution in [-0.2, 0) is 22.6 Å². The average Bonchev–Trinajstić information content (AvgIpc) is 2.96. The number of fused-ring (bicyclic) bond motifs is 2. The van der Waals surface area contributed by atoms with Crippen LogP contribution in [0.3, 0.4) is 0 Å². The van der Waals surface area contributed by atoms with Gasteiger partial charge in [-0.1, -0.05) is 19.1 Å². The largest absolute Gasteiger partial charge is 0.384 e. The van der Waals surface area contributed by atoms with E-state index in [-0.39, 0.29) is 11.5 Å². The summed E-state index contributed by atoms with van der Waals surface area (Å²) in [6, 6.07) is 6.73. The van der Waals surface area contributed by atoms with Gasteiger partial charge < -0.3 is 15.3 Å². The molecule has 0 spiro atoms. The van der Waals surface area contributed by atoms with Crippen molar-refractivity contribution >= 4 is 28.3 Å². The molecule has 0 saturated carbocycles. The topological polar surface area (TPSA) is 78.4 Å². The summed E-state index contributed by atoms with van der Waals surface area (Å²) >= 11 is 0. The summed E-state index contributed by atoms with van der Waals surface area (Å²) in [6.07, 6.45) is 0.540. The number of carbonyl (C=O) groups excluding carboxylic acids is 1. The first-order valence-corrected chi connectivity index (χ1v) is 11.9. The molecule has 2 aromatic carbocycles. The molecule has 4 rings (SSSR count). The van der Waals surface area contributed by atoms with Crippen molar-refractivity contribution < 1.29 is 23.1 Å². The lowest BCUT2D eigenvalue weighted by Gasteiger charge is -2.30. The Balaban J connectivity index is 1.82. The molecule has 36 heavy (non-hydrogen) atoms. The van der Waals surface area contributed by atoms with Crippen molar-refractivity contribution in [2.75, 3.05) is 17.3 Å². The molecule has 1 amide bonds. The summed E-state index contributed by atoms with van der Waals surface area (Å²) in [4.78, 5) is 23.6. The summed E-state index contributed by atoms with van der Waals surface area (Å²) < 4.78 is 45.0. The van der Waals surface area contributed by atoms with E-state index in [1.807, 2.05) is 32.9 Å². The minimum absolute atomic E-state index is 0.0117. The summed E-state index contributed by atoms with van der Waals surface area (Å²) in [5.41, 5.74) is -1.83. The van der Waals surface area contributed by atoms with Crippen LogP contribution in [-0.4, -0.2) is 33.6 Å². The molecule has 9 heteroatoms. The predicted molar refractivity (Wildman–Crippen MR) is 134 cm³/mol. The highest BCUT2D eigenvalue weighted by atomic mass is 19.3. The second-order valence-corrected chi connectivity index (χ2v) is 10.4. The molecule has 2 heterocycles. The van der Waals surface area contributed by atoms with Gasteiger partial charge in [0.1, 0.15) is 23.1 Å². The van der Waals surface area contributed by atoms with Gasteiger partial charge in [-0.25, -0.2) is 14.4 Å². The maximum absolute atomic E-state index is 15.4. The highest BCUT2D eigenvalue weighted by Crippen LogP contribution is 2.44. The summed E-state index contributed by atoms with van der Waals surface area (Å²) in [7, 11) is 1.73. The molecule has 0 bridgehead atoms. The maximum Gasteiger partial charge on any atom is 0.303 e. The van der Waals surface area contributed by atoms with Gasteiger partial charge in [-0.05, 0) is 58.4 Å². The normalized spacial score (nSPS) is 16.4. The Hall–Kier alpha value is -3.20. The number of aryl methyl sites for hydroxylation is 1. The summed E-state index contributed by atoms with van der Waals surface area (Å²) in [5.74, 6) is -3.96. The van der Waals surface area contributed by atoms with E-state index in [9.17, 15) is 18.7 Å². The fraction of sp³-hybridized carbons (Fsp3) is 0.444. The van der Waals surface area contributed by atoms with E-state index < -0.39 is 34.4 Å². The van der Waals surface area contributed by atoms with Gasteiger partial charge >= 0.3 is 5.92 Å². The first kappa shape index (κ1) is 25.9. The number of nitrogens with one attached hydrogen (secondary N) is 1. The van der Waals surface area contributed by atoms with E-state index in [2.05, 4.69) is 15.3 Å². The van der Waals surface area contributed by atoms with E-state index in [0.717, 1.165) is 31.2 Å². The number of amides is 1. The first-order valence-electron chi connectivity index (χ1n) is 11.9. The van der Waals surface area contributed by atoms with Crippen molar-refractivity contribution in [3.05, 3.63) is 58.7 Å². The summed E-state index contributed by atoms with van der Waals surface area (Å²) in [6.45, 7) is 9.15. The average molecular weight is 501 g/mol. The van der Waals surface area contributed by atoms with Crippen LogP contribution in [0, 0.1) is 5.82 Å². The van der Waals surface area contributed by atoms with Crippen molar-refractivity contribution in [2.45, 2.75) is 70.9 Å². The SMILES string of the molecule is CCc1nc(NC(C)c2cccc(C(F)(F)C(C)(C)O)c2F)c2cc3c(cc2n1)N(C)C(=O)C3(C)C. The third-order valence-corrected chi connectivity index (χ3v) is 7.00. The number of hydrogen-bond acceptors (Lipinski definition) is 5. The van der Waals surface area contributed by atoms with E-state index in [4.69, 9.17) is 0 Å². The molecule has 1 unspecified atom stereocenters. The predicted octanol–water partition coefficient (Wildman–Crippen LogP) is 5.62. The number of aromatic nitrogens is 2. The van der Waals surface area contributed by atoms with Crippen LogP contribution >= 0.6 is 0 Å². The van der Waals surface area contributed by atoms with Crippen LogP contribution in [0.15, 0.2) is 30.3 Å². The van der Waals surface area contributed by atoms with Gasteiger partial charge in [0.15, 0.2) is 0 Å². The highest BCUT2D eigenvalue weighted by Gasteiger charge is 2.49. The van der Waals surface area contributed by atoms with Crippen molar-refractivity contribution in [1.29, 1.82) is 0 Å². The third-order valence-electron chi connectivity index (χ3n) is 7.00. The molecular weight excluding hydrogens is 469 g/mol. The fourth-order valence-electron chi connectivity index (χ4n) is 4.64. The van der Waals surface area contributed by atoms with Crippen LogP contribution in [0.25, 0.3) is 10.9 Å². The van der Waals surface area contributed by atoms with E-state index >= 15 is 4.39 Å².